The molecule has 0 saturated carbocycles. The van der Waals surface area contributed by atoms with Gasteiger partial charge in [0.2, 0.25) is 5.91 Å². The molecule has 1 aliphatic rings. The summed E-state index contributed by atoms with van der Waals surface area (Å²) in [6.07, 6.45) is -4.00. The standard InChI is InChI=1S/C14H14BrF4NO/c15-12-4-3-11(16)6-9(12)7-13(21)20-5-1-2-10(8-20)14(17,18)19/h3-4,6,10H,1-2,5,7-8H2. The fourth-order valence-electron chi connectivity index (χ4n) is 2.42. The van der Waals surface area contributed by atoms with Crippen molar-refractivity contribution in [2.75, 3.05) is 13.1 Å². The number of benzene rings is 1. The summed E-state index contributed by atoms with van der Waals surface area (Å²) in [7, 11) is 0. The average molecular weight is 368 g/mol. The largest absolute Gasteiger partial charge is 0.393 e. The van der Waals surface area contributed by atoms with E-state index in [1.165, 1.54) is 23.1 Å². The number of nitrogens with zero attached hydrogens (tertiary/aromatic N) is 1. The van der Waals surface area contributed by atoms with Crippen LogP contribution in [0.1, 0.15) is 18.4 Å². The van der Waals surface area contributed by atoms with Gasteiger partial charge in [-0.15, -0.1) is 0 Å². The number of amides is 1. The zero-order valence-electron chi connectivity index (χ0n) is 11.1. The maximum absolute atomic E-state index is 13.2. The van der Waals surface area contributed by atoms with E-state index < -0.39 is 23.8 Å². The van der Waals surface area contributed by atoms with Crippen molar-refractivity contribution in [3.63, 3.8) is 0 Å². The molecule has 1 aliphatic heterocycles. The van der Waals surface area contributed by atoms with Crippen LogP contribution in [-0.2, 0) is 11.2 Å². The summed E-state index contributed by atoms with van der Waals surface area (Å²) in [5, 5.41) is 0. The number of alkyl halides is 3. The lowest BCUT2D eigenvalue weighted by Crippen LogP contribution is -2.45. The van der Waals surface area contributed by atoms with Crippen LogP contribution in [0.2, 0.25) is 0 Å². The van der Waals surface area contributed by atoms with E-state index in [9.17, 15) is 22.4 Å². The van der Waals surface area contributed by atoms with Gasteiger partial charge in [0, 0.05) is 17.6 Å². The summed E-state index contributed by atoms with van der Waals surface area (Å²) < 4.78 is 51.9. The fraction of sp³-hybridized carbons (Fsp3) is 0.500. The van der Waals surface area contributed by atoms with Crippen LogP contribution in [0.15, 0.2) is 22.7 Å². The minimum Gasteiger partial charge on any atom is -0.342 e. The minimum absolute atomic E-state index is 0.0525. The number of hydrogen-bond donors (Lipinski definition) is 0. The first-order chi connectivity index (χ1) is 9.77. The van der Waals surface area contributed by atoms with Gasteiger partial charge in [0.1, 0.15) is 5.82 Å². The van der Waals surface area contributed by atoms with E-state index in [4.69, 9.17) is 0 Å². The van der Waals surface area contributed by atoms with Gasteiger partial charge in [-0.3, -0.25) is 4.79 Å². The molecule has 21 heavy (non-hydrogen) atoms. The second-order valence-corrected chi connectivity index (χ2v) is 5.99. The molecule has 0 aliphatic carbocycles. The van der Waals surface area contributed by atoms with Gasteiger partial charge in [-0.25, -0.2) is 4.39 Å². The third-order valence-electron chi connectivity index (χ3n) is 3.59. The number of piperidine rings is 1. The van der Waals surface area contributed by atoms with E-state index >= 15 is 0 Å². The van der Waals surface area contributed by atoms with Crippen molar-refractivity contribution in [1.82, 2.24) is 4.90 Å². The molecule has 1 saturated heterocycles. The molecule has 1 aromatic carbocycles. The SMILES string of the molecule is O=C(Cc1cc(F)ccc1Br)N1CCCC(C(F)(F)F)C1. The monoisotopic (exact) mass is 367 g/mol. The number of carbonyl (C=O) groups is 1. The first-order valence-electron chi connectivity index (χ1n) is 6.56. The van der Waals surface area contributed by atoms with Crippen LogP contribution < -0.4 is 0 Å². The predicted molar refractivity (Wildman–Crippen MR) is 73.2 cm³/mol. The summed E-state index contributed by atoms with van der Waals surface area (Å²) >= 11 is 3.21. The summed E-state index contributed by atoms with van der Waals surface area (Å²) in [4.78, 5) is 13.3. The van der Waals surface area contributed by atoms with Crippen molar-refractivity contribution in [3.05, 3.63) is 34.1 Å². The highest BCUT2D eigenvalue weighted by Gasteiger charge is 2.42. The van der Waals surface area contributed by atoms with Crippen LogP contribution in [0.4, 0.5) is 17.6 Å². The Bertz CT molecular complexity index is 532. The van der Waals surface area contributed by atoms with Gasteiger partial charge in [0.05, 0.1) is 12.3 Å². The molecule has 0 bridgehead atoms. The Morgan fingerprint density at radius 1 is 1.38 bits per heavy atom. The van der Waals surface area contributed by atoms with E-state index in [2.05, 4.69) is 15.9 Å². The van der Waals surface area contributed by atoms with Crippen molar-refractivity contribution < 1.29 is 22.4 Å². The average Bonchev–Trinajstić information content (AvgIpc) is 2.42. The van der Waals surface area contributed by atoms with E-state index in [0.29, 0.717) is 23.0 Å². The number of rotatable bonds is 2. The van der Waals surface area contributed by atoms with Gasteiger partial charge in [-0.05, 0) is 36.6 Å². The van der Waals surface area contributed by atoms with Crippen LogP contribution in [0.25, 0.3) is 0 Å². The Balaban J connectivity index is 2.04. The van der Waals surface area contributed by atoms with E-state index in [0.717, 1.165) is 0 Å². The molecule has 1 amide bonds. The van der Waals surface area contributed by atoms with Gasteiger partial charge < -0.3 is 4.90 Å². The smallest absolute Gasteiger partial charge is 0.342 e. The highest BCUT2D eigenvalue weighted by Crippen LogP contribution is 2.33. The molecular formula is C14H14BrF4NO. The second-order valence-electron chi connectivity index (χ2n) is 5.13. The fourth-order valence-corrected chi connectivity index (χ4v) is 2.81. The minimum atomic E-state index is -4.28. The quantitative estimate of drug-likeness (QED) is 0.725. The van der Waals surface area contributed by atoms with E-state index in [1.54, 1.807) is 0 Å². The molecule has 7 heteroatoms. The third kappa shape index (κ3) is 4.18. The lowest BCUT2D eigenvalue weighted by molar-refractivity contribution is -0.187. The van der Waals surface area contributed by atoms with Crippen molar-refractivity contribution in [2.24, 2.45) is 5.92 Å². The molecule has 1 heterocycles. The lowest BCUT2D eigenvalue weighted by Gasteiger charge is -2.33. The summed E-state index contributed by atoms with van der Waals surface area (Å²) in [5.74, 6) is -2.35. The maximum atomic E-state index is 13.2. The molecule has 0 aromatic heterocycles. The van der Waals surface area contributed by atoms with Gasteiger partial charge in [0.25, 0.3) is 0 Å². The molecule has 1 unspecified atom stereocenters. The molecule has 2 rings (SSSR count). The molecular weight excluding hydrogens is 354 g/mol. The molecule has 2 nitrogen and oxygen atoms in total. The maximum Gasteiger partial charge on any atom is 0.393 e. The zero-order valence-corrected chi connectivity index (χ0v) is 12.7. The van der Waals surface area contributed by atoms with Gasteiger partial charge in [-0.1, -0.05) is 15.9 Å². The van der Waals surface area contributed by atoms with Crippen molar-refractivity contribution in [1.29, 1.82) is 0 Å². The van der Waals surface area contributed by atoms with Crippen molar-refractivity contribution in [3.8, 4) is 0 Å². The molecule has 1 fully saturated rings. The first-order valence-corrected chi connectivity index (χ1v) is 7.35. The summed E-state index contributed by atoms with van der Waals surface area (Å²) in [6, 6.07) is 3.94. The van der Waals surface area contributed by atoms with Crippen molar-refractivity contribution in [2.45, 2.75) is 25.4 Å². The highest BCUT2D eigenvalue weighted by molar-refractivity contribution is 9.10. The normalized spacial score (nSPS) is 19.7. The Labute approximate surface area is 128 Å². The number of halogens is 5. The number of likely N-dealkylation sites (tertiary alicyclic amines) is 1. The Morgan fingerprint density at radius 2 is 2.10 bits per heavy atom. The van der Waals surface area contributed by atoms with Gasteiger partial charge in [-0.2, -0.15) is 13.2 Å². The van der Waals surface area contributed by atoms with E-state index in [1.807, 2.05) is 0 Å². The Hall–Kier alpha value is -1.11. The highest BCUT2D eigenvalue weighted by atomic mass is 79.9. The van der Waals surface area contributed by atoms with Crippen LogP contribution in [0, 0.1) is 11.7 Å². The summed E-state index contributed by atoms with van der Waals surface area (Å²) in [5.41, 5.74) is 0.439. The van der Waals surface area contributed by atoms with Crippen LogP contribution in [0.3, 0.4) is 0 Å². The summed E-state index contributed by atoms with van der Waals surface area (Å²) in [6.45, 7) is 0.00756. The predicted octanol–water partition coefficient (Wildman–Crippen LogP) is 3.93. The number of carbonyl (C=O) groups excluding carboxylic acids is 1. The topological polar surface area (TPSA) is 20.3 Å². The third-order valence-corrected chi connectivity index (χ3v) is 4.36. The zero-order chi connectivity index (χ0) is 15.6. The Kier molecular flexibility index (Phi) is 4.91. The molecule has 0 N–H and O–H groups in total. The van der Waals surface area contributed by atoms with Crippen LogP contribution >= 0.6 is 15.9 Å². The van der Waals surface area contributed by atoms with Gasteiger partial charge >= 0.3 is 6.18 Å². The molecule has 116 valence electrons. The molecule has 0 radical (unpaired) electrons. The lowest BCUT2D eigenvalue weighted by atomic mass is 9.97. The first kappa shape index (κ1) is 16.3. The molecule has 0 spiro atoms. The van der Waals surface area contributed by atoms with Crippen LogP contribution in [-0.4, -0.2) is 30.1 Å². The molecule has 1 aromatic rings. The second kappa shape index (κ2) is 6.34. The molecule has 1 atom stereocenters. The van der Waals surface area contributed by atoms with Gasteiger partial charge in [0.15, 0.2) is 0 Å². The van der Waals surface area contributed by atoms with Crippen LogP contribution in [0.5, 0.6) is 0 Å². The Morgan fingerprint density at radius 3 is 2.76 bits per heavy atom. The number of hydrogen-bond acceptors (Lipinski definition) is 1. The van der Waals surface area contributed by atoms with Crippen molar-refractivity contribution >= 4 is 21.8 Å². The van der Waals surface area contributed by atoms with E-state index in [-0.39, 0.29) is 19.4 Å².